The van der Waals surface area contributed by atoms with Crippen molar-refractivity contribution in [3.8, 4) is 0 Å². The van der Waals surface area contributed by atoms with Gasteiger partial charge in [0.2, 0.25) is 0 Å². The van der Waals surface area contributed by atoms with Crippen LogP contribution < -0.4 is 11.2 Å². The topological polar surface area (TPSA) is 54.9 Å². The first-order valence-corrected chi connectivity index (χ1v) is 4.72. The number of halogens is 3. The number of benzene rings is 1. The molecule has 1 aromatic heterocycles. The fourth-order valence-electron chi connectivity index (χ4n) is 1.59. The monoisotopic (exact) mass is 244 g/mol. The number of rotatable bonds is 2. The number of aromatic nitrogens is 2. The van der Waals surface area contributed by atoms with E-state index in [4.69, 9.17) is 0 Å². The molecule has 0 fully saturated rings. The summed E-state index contributed by atoms with van der Waals surface area (Å²) in [5, 5.41) is -0.197. The Labute approximate surface area is 92.3 Å². The highest BCUT2D eigenvalue weighted by molar-refractivity contribution is 5.78. The van der Waals surface area contributed by atoms with Crippen molar-refractivity contribution >= 4 is 10.9 Å². The van der Waals surface area contributed by atoms with Gasteiger partial charge in [-0.25, -0.2) is 18.0 Å². The van der Waals surface area contributed by atoms with Crippen molar-refractivity contribution in [3.63, 3.8) is 0 Å². The SMILES string of the molecule is O=c1[nH]c(=O)n(CCF)c2cc(F)c(F)cc12. The maximum atomic E-state index is 13.0. The predicted molar refractivity (Wildman–Crippen MR) is 54.7 cm³/mol. The summed E-state index contributed by atoms with van der Waals surface area (Å²) in [7, 11) is 0. The van der Waals surface area contributed by atoms with Gasteiger partial charge in [-0.2, -0.15) is 0 Å². The molecule has 0 saturated carbocycles. The molecular formula is C10H7F3N2O2. The van der Waals surface area contributed by atoms with Gasteiger partial charge in [0.05, 0.1) is 17.4 Å². The van der Waals surface area contributed by atoms with Gasteiger partial charge in [0.15, 0.2) is 11.6 Å². The van der Waals surface area contributed by atoms with Crippen LogP contribution in [0.4, 0.5) is 13.2 Å². The van der Waals surface area contributed by atoms with Crippen molar-refractivity contribution in [1.29, 1.82) is 0 Å². The van der Waals surface area contributed by atoms with Crippen LogP contribution in [-0.2, 0) is 6.54 Å². The predicted octanol–water partition coefficient (Wildman–Crippen LogP) is 0.937. The smallest absolute Gasteiger partial charge is 0.291 e. The van der Waals surface area contributed by atoms with Gasteiger partial charge in [0.1, 0.15) is 6.67 Å². The van der Waals surface area contributed by atoms with E-state index in [-0.39, 0.29) is 17.4 Å². The summed E-state index contributed by atoms with van der Waals surface area (Å²) in [6.45, 7) is -1.20. The first-order chi connectivity index (χ1) is 8.04. The quantitative estimate of drug-likeness (QED) is 0.854. The van der Waals surface area contributed by atoms with E-state index in [1.54, 1.807) is 0 Å². The molecular weight excluding hydrogens is 237 g/mol. The zero-order valence-corrected chi connectivity index (χ0v) is 8.47. The lowest BCUT2D eigenvalue weighted by atomic mass is 10.2. The van der Waals surface area contributed by atoms with E-state index >= 15 is 0 Å². The van der Waals surface area contributed by atoms with E-state index < -0.39 is 29.6 Å². The summed E-state index contributed by atoms with van der Waals surface area (Å²) in [6, 6.07) is 1.38. The van der Waals surface area contributed by atoms with Crippen molar-refractivity contribution < 1.29 is 13.2 Å². The second-order valence-corrected chi connectivity index (χ2v) is 3.38. The molecule has 0 spiro atoms. The Morgan fingerprint density at radius 2 is 1.82 bits per heavy atom. The highest BCUT2D eigenvalue weighted by Crippen LogP contribution is 2.13. The van der Waals surface area contributed by atoms with Crippen molar-refractivity contribution in [2.75, 3.05) is 6.67 Å². The van der Waals surface area contributed by atoms with Crippen LogP contribution in [0.5, 0.6) is 0 Å². The number of nitrogens with one attached hydrogen (secondary N) is 1. The lowest BCUT2D eigenvalue weighted by Gasteiger charge is -2.07. The van der Waals surface area contributed by atoms with Crippen LogP contribution in [0.1, 0.15) is 0 Å². The fraction of sp³-hybridized carbons (Fsp3) is 0.200. The van der Waals surface area contributed by atoms with Crippen molar-refractivity contribution in [3.05, 3.63) is 44.6 Å². The number of fused-ring (bicyclic) bond motifs is 1. The first-order valence-electron chi connectivity index (χ1n) is 4.72. The van der Waals surface area contributed by atoms with Crippen LogP contribution >= 0.6 is 0 Å². The molecule has 0 unspecified atom stereocenters. The van der Waals surface area contributed by atoms with Crippen molar-refractivity contribution in [2.24, 2.45) is 0 Å². The highest BCUT2D eigenvalue weighted by atomic mass is 19.2. The molecule has 1 N–H and O–H groups in total. The van der Waals surface area contributed by atoms with Crippen LogP contribution in [0.25, 0.3) is 10.9 Å². The van der Waals surface area contributed by atoms with Gasteiger partial charge >= 0.3 is 5.69 Å². The molecule has 17 heavy (non-hydrogen) atoms. The van der Waals surface area contributed by atoms with Crippen LogP contribution in [0.2, 0.25) is 0 Å². The maximum absolute atomic E-state index is 13.0. The third-order valence-electron chi connectivity index (χ3n) is 2.35. The third-order valence-corrected chi connectivity index (χ3v) is 2.35. The number of nitrogens with zero attached hydrogens (tertiary/aromatic N) is 1. The normalized spacial score (nSPS) is 11.0. The Bertz CT molecular complexity index is 690. The molecule has 0 radical (unpaired) electrons. The lowest BCUT2D eigenvalue weighted by Crippen LogP contribution is -2.31. The maximum Gasteiger partial charge on any atom is 0.328 e. The Kier molecular flexibility index (Phi) is 2.74. The lowest BCUT2D eigenvalue weighted by molar-refractivity contribution is 0.442. The zero-order valence-electron chi connectivity index (χ0n) is 8.47. The van der Waals surface area contributed by atoms with E-state index in [9.17, 15) is 22.8 Å². The standard InChI is InChI=1S/C10H7F3N2O2/c11-1-2-15-8-4-7(13)6(12)3-5(8)9(16)14-10(15)17/h3-4H,1-2H2,(H,14,16,17). The molecule has 90 valence electrons. The Morgan fingerprint density at radius 1 is 1.18 bits per heavy atom. The van der Waals surface area contributed by atoms with Gasteiger partial charge in [0, 0.05) is 6.07 Å². The minimum absolute atomic E-state index is 0.129. The van der Waals surface area contributed by atoms with Crippen LogP contribution in [0.3, 0.4) is 0 Å². The largest absolute Gasteiger partial charge is 0.328 e. The molecule has 0 aliphatic heterocycles. The molecule has 0 saturated heterocycles. The molecule has 2 rings (SSSR count). The van der Waals surface area contributed by atoms with Gasteiger partial charge in [-0.1, -0.05) is 0 Å². The van der Waals surface area contributed by atoms with Gasteiger partial charge in [0.25, 0.3) is 5.56 Å². The van der Waals surface area contributed by atoms with E-state index in [0.717, 1.165) is 4.57 Å². The fourth-order valence-corrected chi connectivity index (χ4v) is 1.59. The minimum Gasteiger partial charge on any atom is -0.291 e. The van der Waals surface area contributed by atoms with Gasteiger partial charge in [-0.15, -0.1) is 0 Å². The van der Waals surface area contributed by atoms with E-state index in [0.29, 0.717) is 12.1 Å². The molecule has 0 bridgehead atoms. The second-order valence-electron chi connectivity index (χ2n) is 3.38. The summed E-state index contributed by atoms with van der Waals surface area (Å²) >= 11 is 0. The highest BCUT2D eigenvalue weighted by Gasteiger charge is 2.11. The Morgan fingerprint density at radius 3 is 2.47 bits per heavy atom. The average molecular weight is 244 g/mol. The number of H-pyrrole nitrogens is 1. The summed E-state index contributed by atoms with van der Waals surface area (Å²) < 4.78 is 39.1. The molecule has 1 aromatic carbocycles. The number of hydrogen-bond donors (Lipinski definition) is 1. The molecule has 0 aliphatic rings. The molecule has 0 atom stereocenters. The molecule has 0 aliphatic carbocycles. The molecule has 7 heteroatoms. The molecule has 2 aromatic rings. The van der Waals surface area contributed by atoms with Crippen LogP contribution in [-0.4, -0.2) is 16.2 Å². The number of aromatic amines is 1. The Hall–Kier alpha value is -2.05. The summed E-state index contributed by atoms with van der Waals surface area (Å²) in [5.74, 6) is -2.40. The van der Waals surface area contributed by atoms with Gasteiger partial charge in [-0.3, -0.25) is 14.3 Å². The zero-order chi connectivity index (χ0) is 12.6. The van der Waals surface area contributed by atoms with E-state index in [2.05, 4.69) is 0 Å². The van der Waals surface area contributed by atoms with Crippen molar-refractivity contribution in [1.82, 2.24) is 9.55 Å². The number of alkyl halides is 1. The molecule has 0 amide bonds. The Balaban J connectivity index is 2.95. The number of aryl methyl sites for hydroxylation is 1. The molecule has 1 heterocycles. The third kappa shape index (κ3) is 1.83. The summed E-state index contributed by atoms with van der Waals surface area (Å²) in [4.78, 5) is 24.6. The van der Waals surface area contributed by atoms with Crippen LogP contribution in [0.15, 0.2) is 21.7 Å². The summed E-state index contributed by atoms with van der Waals surface area (Å²) in [5.41, 5.74) is -1.82. The average Bonchev–Trinajstić information content (AvgIpc) is 2.27. The van der Waals surface area contributed by atoms with Gasteiger partial charge < -0.3 is 0 Å². The van der Waals surface area contributed by atoms with Crippen molar-refractivity contribution in [2.45, 2.75) is 6.54 Å². The second kappa shape index (κ2) is 4.08. The first kappa shape index (κ1) is 11.4. The van der Waals surface area contributed by atoms with Crippen LogP contribution in [0, 0.1) is 11.6 Å². The molecule has 4 nitrogen and oxygen atoms in total. The minimum atomic E-state index is -1.20. The number of hydrogen-bond acceptors (Lipinski definition) is 2. The van der Waals surface area contributed by atoms with Gasteiger partial charge in [-0.05, 0) is 6.07 Å². The van der Waals surface area contributed by atoms with E-state index in [1.807, 2.05) is 4.98 Å². The summed E-state index contributed by atoms with van der Waals surface area (Å²) in [6.07, 6.45) is 0. The van der Waals surface area contributed by atoms with E-state index in [1.165, 1.54) is 0 Å².